The Kier molecular flexibility index (Phi) is 15.8. The van der Waals surface area contributed by atoms with Crippen molar-refractivity contribution in [2.24, 2.45) is 0 Å². The third-order valence-corrected chi connectivity index (χ3v) is 14.0. The Balaban J connectivity index is 1.23. The largest absolute Gasteiger partial charge is 0.472 e. The molecule has 0 radical (unpaired) electrons. The number of ether oxygens (including phenoxy) is 4. The number of rotatable bonds is 18. The van der Waals surface area contributed by atoms with Crippen molar-refractivity contribution in [3.8, 4) is 0 Å². The average Bonchev–Trinajstić information content (AvgIpc) is 3.88. The summed E-state index contributed by atoms with van der Waals surface area (Å²) in [5.74, 6) is -1.36. The highest BCUT2D eigenvalue weighted by molar-refractivity contribution is 8.77. The summed E-state index contributed by atoms with van der Waals surface area (Å²) in [6.45, 7) is 3.60. The van der Waals surface area contributed by atoms with E-state index in [-0.39, 0.29) is 39.9 Å². The van der Waals surface area contributed by atoms with Gasteiger partial charge in [0.05, 0.1) is 19.5 Å². The zero-order chi connectivity index (χ0) is 47.4. The predicted octanol–water partition coefficient (Wildman–Crippen LogP) is 0.345. The van der Waals surface area contributed by atoms with Gasteiger partial charge in [-0.05, 0) is 23.8 Å². The molecule has 27 nitrogen and oxygen atoms in total. The number of nitrogens with one attached hydrogen (secondary N) is 1. The third-order valence-electron chi connectivity index (χ3n) is 9.19. The van der Waals surface area contributed by atoms with Gasteiger partial charge in [0.25, 0.3) is 0 Å². The number of phosphoric acid groups is 2. The summed E-state index contributed by atoms with van der Waals surface area (Å²) in [6, 6.07) is 6.29. The van der Waals surface area contributed by atoms with Gasteiger partial charge in [0.2, 0.25) is 0 Å². The van der Waals surface area contributed by atoms with Gasteiger partial charge in [0, 0.05) is 22.4 Å². The van der Waals surface area contributed by atoms with Gasteiger partial charge in [-0.3, -0.25) is 22.7 Å². The molecule has 0 aliphatic carbocycles. The molecule has 2 aliphatic rings. The minimum Gasteiger partial charge on any atom is -0.455 e. The second kappa shape index (κ2) is 20.6. The van der Waals surface area contributed by atoms with Crippen LogP contribution in [0.3, 0.4) is 0 Å². The highest BCUT2D eigenvalue weighted by atomic mass is 33.1. The fourth-order valence-corrected chi connectivity index (χ4v) is 10.0. The number of fused-ring (bicyclic) bond motifs is 1. The molecule has 0 saturated carbocycles. The summed E-state index contributed by atoms with van der Waals surface area (Å²) in [5, 5.41) is 25.4. The zero-order valence-corrected chi connectivity index (χ0v) is 37.8. The number of alkyl carbamates (subject to hydrolysis) is 1. The average molecular weight is 993 g/mol. The van der Waals surface area contributed by atoms with Crippen molar-refractivity contribution < 1.29 is 76.1 Å². The van der Waals surface area contributed by atoms with Gasteiger partial charge < -0.3 is 66.4 Å². The first-order chi connectivity index (χ1) is 30.5. The Morgan fingerprint density at radius 1 is 0.923 bits per heavy atom. The smallest absolute Gasteiger partial charge is 0.455 e. The number of esters is 1. The number of nitrogens with zero attached hydrogens (tertiary/aromatic N) is 6. The Labute approximate surface area is 375 Å². The number of aromatic nitrogens is 6. The van der Waals surface area contributed by atoms with Crippen molar-refractivity contribution >= 4 is 77.8 Å². The van der Waals surface area contributed by atoms with E-state index in [0.717, 1.165) is 17.1 Å². The van der Waals surface area contributed by atoms with Crippen LogP contribution in [-0.2, 0) is 53.1 Å². The highest BCUT2D eigenvalue weighted by Crippen LogP contribution is 2.50. The molecule has 10 atom stereocenters. The Hall–Kier alpha value is -4.45. The van der Waals surface area contributed by atoms with E-state index in [0.29, 0.717) is 11.3 Å². The van der Waals surface area contributed by atoms with Crippen LogP contribution in [0.1, 0.15) is 38.8 Å². The second-order valence-electron chi connectivity index (χ2n) is 15.3. The van der Waals surface area contributed by atoms with Crippen molar-refractivity contribution in [3.63, 3.8) is 0 Å². The van der Waals surface area contributed by atoms with Crippen LogP contribution in [0.15, 0.2) is 54.0 Å². The van der Waals surface area contributed by atoms with Gasteiger partial charge in [0.1, 0.15) is 60.8 Å². The normalized spacial score (nSPS) is 25.0. The van der Waals surface area contributed by atoms with Crippen LogP contribution in [0.4, 0.5) is 22.1 Å². The summed E-state index contributed by atoms with van der Waals surface area (Å²) < 4.78 is 64.7. The Morgan fingerprint density at radius 3 is 2.23 bits per heavy atom. The number of hydrogen-bond acceptors (Lipinski definition) is 23. The molecule has 1 amide bonds. The number of amides is 1. The number of anilines is 3. The molecule has 356 valence electrons. The van der Waals surface area contributed by atoms with Crippen molar-refractivity contribution in [2.45, 2.75) is 87.2 Å². The molecule has 3 aromatic heterocycles. The number of imidazole rings is 1. The number of nitrogens with two attached hydrogens (primary N) is 3. The van der Waals surface area contributed by atoms with E-state index < -0.39 is 102 Å². The van der Waals surface area contributed by atoms with Gasteiger partial charge in [-0.15, -0.1) is 0 Å². The molecule has 0 spiro atoms. The molecule has 1 unspecified atom stereocenters. The predicted molar refractivity (Wildman–Crippen MR) is 229 cm³/mol. The van der Waals surface area contributed by atoms with Crippen molar-refractivity contribution in [3.05, 3.63) is 65.2 Å². The van der Waals surface area contributed by atoms with Crippen LogP contribution in [0, 0.1) is 0 Å². The van der Waals surface area contributed by atoms with Gasteiger partial charge in [-0.2, -0.15) is 4.98 Å². The Bertz CT molecular complexity index is 2480. The number of aliphatic hydroxyl groups is 2. The molecule has 2 fully saturated rings. The van der Waals surface area contributed by atoms with E-state index in [1.807, 2.05) is 20.8 Å². The lowest BCUT2D eigenvalue weighted by Crippen LogP contribution is -2.48. The number of benzene rings is 1. The van der Waals surface area contributed by atoms with E-state index in [9.17, 15) is 48.4 Å². The number of aliphatic hydroxyl groups excluding tert-OH is 2. The maximum atomic E-state index is 14.0. The summed E-state index contributed by atoms with van der Waals surface area (Å²) in [4.78, 5) is 85.0. The summed E-state index contributed by atoms with van der Waals surface area (Å²) in [6.07, 6.45) is -11.6. The van der Waals surface area contributed by atoms with Crippen LogP contribution in [-0.4, -0.2) is 132 Å². The number of hydrogen-bond donors (Lipinski definition) is 9. The van der Waals surface area contributed by atoms with Gasteiger partial charge in [-0.25, -0.2) is 38.5 Å². The van der Waals surface area contributed by atoms with Gasteiger partial charge >= 0.3 is 33.4 Å². The summed E-state index contributed by atoms with van der Waals surface area (Å²) >= 11 is 0. The van der Waals surface area contributed by atoms with Crippen LogP contribution in [0.2, 0.25) is 0 Å². The molecular weight excluding hydrogens is 947 g/mol. The van der Waals surface area contributed by atoms with E-state index >= 15 is 0 Å². The molecule has 6 rings (SSSR count). The first-order valence-electron chi connectivity index (χ1n) is 19.1. The van der Waals surface area contributed by atoms with E-state index in [4.69, 9.17) is 45.2 Å². The number of phosphoric ester groups is 2. The van der Waals surface area contributed by atoms with Crippen molar-refractivity contribution in [1.29, 1.82) is 0 Å². The second-order valence-corrected chi connectivity index (χ2v) is 21.1. The van der Waals surface area contributed by atoms with Gasteiger partial charge in [-0.1, -0.05) is 54.5 Å². The fraction of sp³-hybridized carbons (Fsp3) is 0.500. The minimum absolute atomic E-state index is 0.0207. The van der Waals surface area contributed by atoms with Gasteiger partial charge in [0.15, 0.2) is 30.0 Å². The maximum absolute atomic E-state index is 14.0. The lowest BCUT2D eigenvalue weighted by Gasteiger charge is -2.26. The van der Waals surface area contributed by atoms with Crippen molar-refractivity contribution in [1.82, 2.24) is 34.4 Å². The molecule has 65 heavy (non-hydrogen) atoms. The molecule has 2 saturated heterocycles. The van der Waals surface area contributed by atoms with Crippen LogP contribution >= 0.6 is 37.2 Å². The molecule has 5 heterocycles. The van der Waals surface area contributed by atoms with Crippen molar-refractivity contribution in [2.75, 3.05) is 36.2 Å². The SMILES string of the molecule is CC(C)(C)SSC[C@@H](NC(=O)OCc1ccc(N)cc1)C(=O)O[C@H]1[C@@H](O)[C@H](n2cnc3c(N)ncnc32)O[C@@H]1COP(=O)(O)O[C@H]1[C@@H](O)[C@H](n2ccc(N)nc2=O)O[C@@H]1COP(=O)(O)O. The quantitative estimate of drug-likeness (QED) is 0.0281. The number of nitrogen functional groups attached to an aromatic ring is 3. The van der Waals surface area contributed by atoms with E-state index in [2.05, 4.69) is 29.8 Å². The Morgan fingerprint density at radius 2 is 1.57 bits per heavy atom. The van der Waals surface area contributed by atoms with Crippen LogP contribution < -0.4 is 28.2 Å². The molecule has 4 aromatic rings. The van der Waals surface area contributed by atoms with E-state index in [1.165, 1.54) is 38.5 Å². The monoisotopic (exact) mass is 992 g/mol. The minimum atomic E-state index is -5.44. The fourth-order valence-electron chi connectivity index (χ4n) is 6.25. The molecule has 12 N–H and O–H groups in total. The number of carbonyl (C=O) groups excluding carboxylic acids is 2. The standard InChI is InChI=1S/C34H46N10O17P2S2/c1-34(2,3)65-64-13-18(41-33(49)55-10-16-4-6-17(35)7-5-16)31(47)60-25-19(58-30(23(25)45)44-15-40-22-27(37)38-14-39-28(22)44)12-57-63(53,54)61-26-20(11-56-62(50,51)52)59-29(24(26)46)43-9-8-21(36)42-32(43)48/h4-9,14-15,18-20,23-26,29-30,45-46H,10-13,35H2,1-3H3,(H,41,49)(H,53,54)(H2,36,42,48)(H2,37,38,39)(H2,50,51,52)/t18-,19-,20-,23-,24-,25-,26-,29-,30-/m1/s1. The first kappa shape index (κ1) is 50.0. The summed E-state index contributed by atoms with van der Waals surface area (Å²) in [5.41, 5.74) is 17.5. The van der Waals surface area contributed by atoms with Crippen LogP contribution in [0.25, 0.3) is 11.2 Å². The highest BCUT2D eigenvalue weighted by Gasteiger charge is 2.52. The van der Waals surface area contributed by atoms with Crippen LogP contribution in [0.5, 0.6) is 0 Å². The maximum Gasteiger partial charge on any atom is 0.472 e. The molecule has 0 bridgehead atoms. The third kappa shape index (κ3) is 13.1. The first-order valence-corrected chi connectivity index (χ1v) is 24.4. The zero-order valence-electron chi connectivity index (χ0n) is 34.4. The topological polar surface area (TPSA) is 403 Å². The molecule has 31 heteroatoms. The van der Waals surface area contributed by atoms with E-state index in [1.54, 1.807) is 24.3 Å². The lowest BCUT2D eigenvalue weighted by molar-refractivity contribution is -0.158. The lowest BCUT2D eigenvalue weighted by atomic mass is 10.1. The summed E-state index contributed by atoms with van der Waals surface area (Å²) in [7, 11) is -8.00. The molecule has 2 aliphatic heterocycles. The molecular formula is C34H46N10O17P2S2. The number of carbonyl (C=O) groups is 2. The molecule has 1 aromatic carbocycles.